The highest BCUT2D eigenvalue weighted by Gasteiger charge is 2.10. The molecule has 0 heterocycles. The number of halogens is 2. The average molecular weight is 305 g/mol. The van der Waals surface area contributed by atoms with Gasteiger partial charge >= 0.3 is 5.97 Å². The largest absolute Gasteiger partial charge is 0.462 e. The Balaban J connectivity index is 3.60. The molecule has 4 heteroatoms. The van der Waals surface area contributed by atoms with Gasteiger partial charge in [-0.05, 0) is 19.8 Å². The second-order valence-electron chi connectivity index (χ2n) is 2.74. The summed E-state index contributed by atoms with van der Waals surface area (Å²) in [5.74, 6) is -0.209. The number of carbonyl (C=O) groups is 1. The average Bonchev–Trinajstić information content (AvgIpc) is 1.97. The fourth-order valence-electron chi connectivity index (χ4n) is 0.818. The van der Waals surface area contributed by atoms with Gasteiger partial charge in [-0.2, -0.15) is 0 Å². The predicted molar refractivity (Wildman–Crippen MR) is 59.0 cm³/mol. The number of hydrogen-bond acceptors (Lipinski definition) is 2. The Labute approximate surface area is 92.1 Å². The first-order chi connectivity index (χ1) is 5.56. The smallest absolute Gasteiger partial charge is 0.302 e. The Morgan fingerprint density at radius 2 is 2.17 bits per heavy atom. The minimum absolute atomic E-state index is 0.0318. The fourth-order valence-corrected chi connectivity index (χ4v) is 1.56. The zero-order valence-corrected chi connectivity index (χ0v) is 10.3. The molecule has 0 spiro atoms. The molecule has 0 aromatic carbocycles. The first-order valence-corrected chi connectivity index (χ1v) is 5.89. The quantitative estimate of drug-likeness (QED) is 0.443. The van der Waals surface area contributed by atoms with Crippen LogP contribution in [0.1, 0.15) is 26.7 Å². The van der Waals surface area contributed by atoms with Crippen molar-refractivity contribution in [2.75, 3.05) is 4.43 Å². The second-order valence-corrected chi connectivity index (χ2v) is 4.37. The van der Waals surface area contributed by atoms with Crippen LogP contribution < -0.4 is 0 Å². The maximum Gasteiger partial charge on any atom is 0.302 e. The zero-order chi connectivity index (χ0) is 9.56. The van der Waals surface area contributed by atoms with Crippen molar-refractivity contribution in [3.05, 3.63) is 0 Å². The van der Waals surface area contributed by atoms with Crippen LogP contribution in [0.5, 0.6) is 0 Å². The van der Waals surface area contributed by atoms with E-state index in [0.717, 1.165) is 17.3 Å². The van der Waals surface area contributed by atoms with Crippen LogP contribution in [0.2, 0.25) is 0 Å². The van der Waals surface area contributed by atoms with Gasteiger partial charge in [-0.25, -0.2) is 0 Å². The molecule has 0 radical (unpaired) electrons. The SMILES string of the molecule is CC(=O)OC(CI)CCC(C)Cl. The number of hydrogen-bond donors (Lipinski definition) is 0. The van der Waals surface area contributed by atoms with Crippen molar-refractivity contribution in [1.82, 2.24) is 0 Å². The van der Waals surface area contributed by atoms with E-state index in [1.807, 2.05) is 6.92 Å². The van der Waals surface area contributed by atoms with Gasteiger partial charge in [0, 0.05) is 16.7 Å². The summed E-state index contributed by atoms with van der Waals surface area (Å²) >= 11 is 7.98. The molecule has 0 aliphatic heterocycles. The van der Waals surface area contributed by atoms with Crippen molar-refractivity contribution in [3.8, 4) is 0 Å². The van der Waals surface area contributed by atoms with Gasteiger partial charge in [0.2, 0.25) is 0 Å². The van der Waals surface area contributed by atoms with E-state index in [9.17, 15) is 4.79 Å². The molecular weight excluding hydrogens is 290 g/mol. The molecule has 0 aromatic heterocycles. The Kier molecular flexibility index (Phi) is 7.23. The lowest BCUT2D eigenvalue weighted by molar-refractivity contribution is -0.145. The fraction of sp³-hybridized carbons (Fsp3) is 0.875. The number of ether oxygens (including phenoxy) is 1. The number of alkyl halides is 2. The van der Waals surface area contributed by atoms with E-state index in [1.165, 1.54) is 6.92 Å². The van der Waals surface area contributed by atoms with Gasteiger partial charge in [-0.15, -0.1) is 11.6 Å². The molecule has 2 atom stereocenters. The Morgan fingerprint density at radius 3 is 2.50 bits per heavy atom. The molecule has 0 N–H and O–H groups in total. The van der Waals surface area contributed by atoms with Crippen LogP contribution in [0.15, 0.2) is 0 Å². The van der Waals surface area contributed by atoms with Crippen LogP contribution in [0, 0.1) is 0 Å². The van der Waals surface area contributed by atoms with Gasteiger partial charge in [-0.3, -0.25) is 4.79 Å². The standard InChI is InChI=1S/C8H14ClIO2/c1-6(9)3-4-8(5-10)12-7(2)11/h6,8H,3-5H2,1-2H3. The third-order valence-electron chi connectivity index (χ3n) is 1.39. The van der Waals surface area contributed by atoms with E-state index in [-0.39, 0.29) is 17.5 Å². The van der Waals surface area contributed by atoms with Gasteiger partial charge in [0.1, 0.15) is 6.10 Å². The van der Waals surface area contributed by atoms with E-state index in [0.29, 0.717) is 0 Å². The highest BCUT2D eigenvalue weighted by atomic mass is 127. The number of esters is 1. The molecule has 12 heavy (non-hydrogen) atoms. The van der Waals surface area contributed by atoms with Gasteiger partial charge in [0.05, 0.1) is 0 Å². The monoisotopic (exact) mass is 304 g/mol. The third kappa shape index (κ3) is 7.16. The summed E-state index contributed by atoms with van der Waals surface area (Å²) in [6.45, 7) is 3.38. The normalized spacial score (nSPS) is 15.3. The Hall–Kier alpha value is 0.490. The summed E-state index contributed by atoms with van der Waals surface area (Å²) in [4.78, 5) is 10.6. The minimum Gasteiger partial charge on any atom is -0.462 e. The molecule has 0 amide bonds. The van der Waals surface area contributed by atoms with E-state index >= 15 is 0 Å². The molecule has 0 saturated carbocycles. The van der Waals surface area contributed by atoms with Crippen LogP contribution in [-0.2, 0) is 9.53 Å². The third-order valence-corrected chi connectivity index (χ3v) is 2.59. The van der Waals surface area contributed by atoms with Crippen molar-refractivity contribution in [2.24, 2.45) is 0 Å². The molecule has 2 nitrogen and oxygen atoms in total. The summed E-state index contributed by atoms with van der Waals surface area (Å²) in [5.41, 5.74) is 0. The van der Waals surface area contributed by atoms with E-state index in [4.69, 9.17) is 16.3 Å². The predicted octanol–water partition coefficient (Wildman–Crippen LogP) is 2.76. The van der Waals surface area contributed by atoms with Crippen LogP contribution in [-0.4, -0.2) is 21.9 Å². The lowest BCUT2D eigenvalue weighted by Crippen LogP contribution is -2.18. The molecule has 72 valence electrons. The van der Waals surface area contributed by atoms with Crippen LogP contribution in [0.3, 0.4) is 0 Å². The molecular formula is C8H14ClIO2. The van der Waals surface area contributed by atoms with E-state index in [2.05, 4.69) is 22.6 Å². The lowest BCUT2D eigenvalue weighted by atomic mass is 10.2. The minimum atomic E-state index is -0.209. The lowest BCUT2D eigenvalue weighted by Gasteiger charge is -2.14. The van der Waals surface area contributed by atoms with Crippen molar-refractivity contribution >= 4 is 40.2 Å². The number of rotatable bonds is 5. The number of carbonyl (C=O) groups excluding carboxylic acids is 1. The zero-order valence-electron chi connectivity index (χ0n) is 7.35. The van der Waals surface area contributed by atoms with Crippen molar-refractivity contribution in [2.45, 2.75) is 38.2 Å². The van der Waals surface area contributed by atoms with E-state index < -0.39 is 0 Å². The summed E-state index contributed by atoms with van der Waals surface area (Å²) in [7, 11) is 0. The van der Waals surface area contributed by atoms with Crippen molar-refractivity contribution in [1.29, 1.82) is 0 Å². The van der Waals surface area contributed by atoms with Crippen molar-refractivity contribution in [3.63, 3.8) is 0 Å². The molecule has 0 aliphatic rings. The first-order valence-electron chi connectivity index (χ1n) is 3.93. The molecule has 2 unspecified atom stereocenters. The van der Waals surface area contributed by atoms with Crippen LogP contribution in [0.4, 0.5) is 0 Å². The summed E-state index contributed by atoms with van der Waals surface area (Å²) in [5, 5.41) is 0.158. The van der Waals surface area contributed by atoms with Gasteiger partial charge in [-0.1, -0.05) is 22.6 Å². The Bertz CT molecular complexity index is 139. The maximum absolute atomic E-state index is 10.6. The molecule has 0 aliphatic carbocycles. The van der Waals surface area contributed by atoms with Crippen LogP contribution >= 0.6 is 34.2 Å². The second kappa shape index (κ2) is 6.95. The highest BCUT2D eigenvalue weighted by molar-refractivity contribution is 14.1. The first kappa shape index (κ1) is 12.5. The molecule has 0 fully saturated rings. The van der Waals surface area contributed by atoms with Crippen molar-refractivity contribution < 1.29 is 9.53 Å². The topological polar surface area (TPSA) is 26.3 Å². The van der Waals surface area contributed by atoms with E-state index in [1.54, 1.807) is 0 Å². The highest BCUT2D eigenvalue weighted by Crippen LogP contribution is 2.11. The summed E-state index contributed by atoms with van der Waals surface area (Å²) in [6.07, 6.45) is 1.78. The summed E-state index contributed by atoms with van der Waals surface area (Å²) < 4.78 is 5.88. The molecule has 0 bridgehead atoms. The molecule has 0 aromatic rings. The van der Waals surface area contributed by atoms with Gasteiger partial charge in [0.25, 0.3) is 0 Å². The summed E-state index contributed by atoms with van der Waals surface area (Å²) in [6, 6.07) is 0. The van der Waals surface area contributed by atoms with Gasteiger partial charge in [0.15, 0.2) is 0 Å². The molecule has 0 saturated heterocycles. The molecule has 0 rings (SSSR count). The Morgan fingerprint density at radius 1 is 1.58 bits per heavy atom. The maximum atomic E-state index is 10.6. The van der Waals surface area contributed by atoms with Gasteiger partial charge < -0.3 is 4.74 Å². The van der Waals surface area contributed by atoms with Crippen LogP contribution in [0.25, 0.3) is 0 Å².